The van der Waals surface area contributed by atoms with Crippen LogP contribution in [0, 0.1) is 0 Å². The molecule has 1 aromatic rings. The minimum absolute atomic E-state index is 0.194. The predicted molar refractivity (Wildman–Crippen MR) is 70.6 cm³/mol. The summed E-state index contributed by atoms with van der Waals surface area (Å²) in [7, 11) is 0. The average molecular weight is 254 g/mol. The fraction of sp³-hybridized carbons (Fsp3) is 0.417. The van der Waals surface area contributed by atoms with Crippen LogP contribution in [0.3, 0.4) is 0 Å². The number of carbonyl (C=O) groups excluding carboxylic acids is 1. The summed E-state index contributed by atoms with van der Waals surface area (Å²) in [6.45, 7) is 2.26. The van der Waals surface area contributed by atoms with Crippen molar-refractivity contribution in [3.63, 3.8) is 0 Å². The van der Waals surface area contributed by atoms with Gasteiger partial charge >= 0.3 is 0 Å². The Hall–Kier alpha value is -1.04. The first kappa shape index (κ1) is 14.0. The van der Waals surface area contributed by atoms with Crippen molar-refractivity contribution in [2.75, 3.05) is 6.61 Å². The van der Waals surface area contributed by atoms with Gasteiger partial charge in [-0.15, -0.1) is 0 Å². The van der Waals surface area contributed by atoms with Gasteiger partial charge in [0.25, 0.3) is 5.91 Å². The molecule has 0 saturated carbocycles. The second-order valence-corrected chi connectivity index (χ2v) is 5.19. The quantitative estimate of drug-likeness (QED) is 0.406. The Morgan fingerprint density at radius 1 is 1.53 bits per heavy atom. The van der Waals surface area contributed by atoms with Crippen molar-refractivity contribution < 1.29 is 9.90 Å². The normalized spacial score (nSPS) is 12.2. The van der Waals surface area contributed by atoms with E-state index in [-0.39, 0.29) is 12.5 Å². The van der Waals surface area contributed by atoms with Crippen molar-refractivity contribution in [3.05, 3.63) is 35.4 Å². The van der Waals surface area contributed by atoms with Crippen molar-refractivity contribution in [1.82, 2.24) is 5.43 Å². The molecule has 0 aliphatic rings. The molecule has 1 amide bonds. The summed E-state index contributed by atoms with van der Waals surface area (Å²) in [5.74, 6) is 5.61. The molecule has 0 saturated heterocycles. The third kappa shape index (κ3) is 4.38. The van der Waals surface area contributed by atoms with Crippen molar-refractivity contribution in [2.45, 2.75) is 24.3 Å². The molecule has 0 heterocycles. The molecular formula is C12H18N2O2S. The Bertz CT molecular complexity index is 371. The number of aliphatic hydroxyl groups excluding tert-OH is 1. The number of hydrogen-bond acceptors (Lipinski definition) is 4. The van der Waals surface area contributed by atoms with Gasteiger partial charge in [0.1, 0.15) is 0 Å². The molecule has 0 fully saturated rings. The number of carbonyl (C=O) groups is 1. The van der Waals surface area contributed by atoms with Gasteiger partial charge < -0.3 is 5.11 Å². The third-order valence-corrected chi connectivity index (χ3v) is 3.73. The Morgan fingerprint density at radius 3 is 2.88 bits per heavy atom. The highest BCUT2D eigenvalue weighted by atomic mass is 32.2. The maximum absolute atomic E-state index is 11.5. The van der Waals surface area contributed by atoms with Crippen LogP contribution in [0.15, 0.2) is 24.3 Å². The summed E-state index contributed by atoms with van der Waals surface area (Å²) in [5, 5.41) is 9.19. The van der Waals surface area contributed by atoms with E-state index in [2.05, 4.69) is 12.3 Å². The molecule has 0 aromatic heterocycles. The van der Waals surface area contributed by atoms with Crippen molar-refractivity contribution in [3.8, 4) is 0 Å². The molecule has 0 radical (unpaired) electrons. The number of nitrogens with one attached hydrogen (secondary N) is 1. The molecule has 1 unspecified atom stereocenters. The minimum atomic E-state index is -0.268. The van der Waals surface area contributed by atoms with Crippen LogP contribution in [0.25, 0.3) is 0 Å². The molecule has 0 bridgehead atoms. The first-order chi connectivity index (χ1) is 8.19. The standard InChI is InChI=1S/C12H18N2O2S/c1-9(6-7-15)17-8-10-4-2-3-5-11(10)12(16)14-13/h2-5,9,15H,6-8,13H2,1H3,(H,14,16). The number of benzene rings is 1. The molecule has 5 heteroatoms. The van der Waals surface area contributed by atoms with E-state index in [1.54, 1.807) is 17.8 Å². The lowest BCUT2D eigenvalue weighted by Crippen LogP contribution is -2.30. The number of rotatable bonds is 6. The second-order valence-electron chi connectivity index (χ2n) is 3.76. The lowest BCUT2D eigenvalue weighted by Gasteiger charge is -2.11. The Morgan fingerprint density at radius 2 is 2.24 bits per heavy atom. The lowest BCUT2D eigenvalue weighted by molar-refractivity contribution is 0.0953. The highest BCUT2D eigenvalue weighted by Crippen LogP contribution is 2.22. The number of nitrogen functional groups attached to an aromatic ring is 1. The van der Waals surface area contributed by atoms with Gasteiger partial charge in [-0.1, -0.05) is 25.1 Å². The van der Waals surface area contributed by atoms with Gasteiger partial charge in [0, 0.05) is 23.2 Å². The van der Waals surface area contributed by atoms with Crippen LogP contribution in [-0.4, -0.2) is 22.9 Å². The van der Waals surface area contributed by atoms with Crippen LogP contribution in [0.4, 0.5) is 0 Å². The van der Waals surface area contributed by atoms with E-state index in [1.165, 1.54) is 0 Å². The average Bonchev–Trinajstić information content (AvgIpc) is 2.36. The zero-order chi connectivity index (χ0) is 12.7. The number of hydrogen-bond donors (Lipinski definition) is 3. The largest absolute Gasteiger partial charge is 0.396 e. The molecule has 0 aliphatic carbocycles. The molecule has 1 aromatic carbocycles. The first-order valence-electron chi connectivity index (χ1n) is 5.50. The van der Waals surface area contributed by atoms with E-state index in [0.29, 0.717) is 10.8 Å². The van der Waals surface area contributed by atoms with E-state index in [4.69, 9.17) is 10.9 Å². The predicted octanol–water partition coefficient (Wildman–Crippen LogP) is 1.29. The highest BCUT2D eigenvalue weighted by Gasteiger charge is 2.10. The van der Waals surface area contributed by atoms with Crippen LogP contribution >= 0.6 is 11.8 Å². The summed E-state index contributed by atoms with van der Waals surface area (Å²) < 4.78 is 0. The summed E-state index contributed by atoms with van der Waals surface area (Å²) in [6, 6.07) is 7.40. The van der Waals surface area contributed by atoms with Crippen molar-refractivity contribution >= 4 is 17.7 Å². The molecule has 17 heavy (non-hydrogen) atoms. The van der Waals surface area contributed by atoms with E-state index in [0.717, 1.165) is 17.7 Å². The van der Waals surface area contributed by atoms with Crippen LogP contribution in [0.1, 0.15) is 29.3 Å². The maximum Gasteiger partial charge on any atom is 0.265 e. The van der Waals surface area contributed by atoms with E-state index in [9.17, 15) is 4.79 Å². The fourth-order valence-electron chi connectivity index (χ4n) is 1.44. The molecule has 4 nitrogen and oxygen atoms in total. The SMILES string of the molecule is CC(CCO)SCc1ccccc1C(=O)NN. The summed E-state index contributed by atoms with van der Waals surface area (Å²) >= 11 is 1.72. The maximum atomic E-state index is 11.5. The van der Waals surface area contributed by atoms with Gasteiger partial charge in [-0.25, -0.2) is 5.84 Å². The first-order valence-corrected chi connectivity index (χ1v) is 6.55. The summed E-state index contributed by atoms with van der Waals surface area (Å²) in [4.78, 5) is 11.5. The van der Waals surface area contributed by atoms with Gasteiger partial charge in [0.05, 0.1) is 0 Å². The zero-order valence-corrected chi connectivity index (χ0v) is 10.7. The number of amides is 1. The summed E-state index contributed by atoms with van der Waals surface area (Å²) in [6.07, 6.45) is 0.760. The van der Waals surface area contributed by atoms with E-state index >= 15 is 0 Å². The molecule has 0 aliphatic heterocycles. The van der Waals surface area contributed by atoms with Crippen LogP contribution in [0.2, 0.25) is 0 Å². The topological polar surface area (TPSA) is 75.3 Å². The molecule has 0 spiro atoms. The van der Waals surface area contributed by atoms with Crippen LogP contribution in [-0.2, 0) is 5.75 Å². The molecule has 1 rings (SSSR count). The van der Waals surface area contributed by atoms with E-state index < -0.39 is 0 Å². The monoisotopic (exact) mass is 254 g/mol. The molecule has 4 N–H and O–H groups in total. The summed E-state index contributed by atoms with van der Waals surface area (Å²) in [5.41, 5.74) is 3.72. The number of thioether (sulfide) groups is 1. The minimum Gasteiger partial charge on any atom is -0.396 e. The number of aliphatic hydroxyl groups is 1. The number of nitrogens with two attached hydrogens (primary N) is 1. The van der Waals surface area contributed by atoms with Crippen molar-refractivity contribution in [1.29, 1.82) is 0 Å². The van der Waals surface area contributed by atoms with Gasteiger partial charge in [-0.3, -0.25) is 10.2 Å². The molecular weight excluding hydrogens is 236 g/mol. The highest BCUT2D eigenvalue weighted by molar-refractivity contribution is 7.99. The lowest BCUT2D eigenvalue weighted by atomic mass is 10.1. The Labute approximate surface area is 106 Å². The van der Waals surface area contributed by atoms with Gasteiger partial charge in [0.2, 0.25) is 0 Å². The molecule has 94 valence electrons. The van der Waals surface area contributed by atoms with E-state index in [1.807, 2.05) is 18.2 Å². The van der Waals surface area contributed by atoms with Gasteiger partial charge in [0.15, 0.2) is 0 Å². The van der Waals surface area contributed by atoms with Gasteiger partial charge in [-0.05, 0) is 18.1 Å². The van der Waals surface area contributed by atoms with Gasteiger partial charge in [-0.2, -0.15) is 11.8 Å². The molecule has 1 atom stereocenters. The van der Waals surface area contributed by atoms with Crippen molar-refractivity contribution in [2.24, 2.45) is 5.84 Å². The smallest absolute Gasteiger partial charge is 0.265 e. The Balaban J connectivity index is 2.67. The second kappa shape index (κ2) is 7.32. The van der Waals surface area contributed by atoms with Crippen LogP contribution < -0.4 is 11.3 Å². The Kier molecular flexibility index (Phi) is 6.04. The number of hydrazine groups is 1. The third-order valence-electron chi connectivity index (χ3n) is 2.45. The fourth-order valence-corrected chi connectivity index (χ4v) is 2.43. The van der Waals surface area contributed by atoms with Crippen LogP contribution in [0.5, 0.6) is 0 Å². The zero-order valence-electron chi connectivity index (χ0n) is 9.85.